The second kappa shape index (κ2) is 5.84. The second-order valence-corrected chi connectivity index (χ2v) is 9.92. The first-order valence-electron chi connectivity index (χ1n) is 10.2. The number of furan rings is 1. The molecule has 2 saturated carbocycles. The maximum atomic E-state index is 12.1. The highest BCUT2D eigenvalue weighted by molar-refractivity contribution is 5.66. The first kappa shape index (κ1) is 19.0. The van der Waals surface area contributed by atoms with Gasteiger partial charge in [-0.15, -0.1) is 0 Å². The Bertz CT molecular complexity index is 752. The molecule has 0 radical (unpaired) electrons. The highest BCUT2D eigenvalue weighted by Gasteiger charge is 2.72. The van der Waals surface area contributed by atoms with E-state index < -0.39 is 34.6 Å². The number of hydrogen-bond acceptors (Lipinski definition) is 5. The van der Waals surface area contributed by atoms with Crippen LogP contribution in [-0.2, 0) is 16.0 Å². The van der Waals surface area contributed by atoms with Gasteiger partial charge in [-0.2, -0.15) is 0 Å². The number of carbonyl (C=O) groups excluding carboxylic acids is 1. The zero-order valence-electron chi connectivity index (χ0n) is 17.0. The lowest BCUT2D eigenvalue weighted by molar-refractivity contribution is -0.315. The molecule has 1 aromatic heterocycles. The minimum Gasteiger partial charge on any atom is -0.469 e. The molecule has 5 heteroatoms. The van der Waals surface area contributed by atoms with E-state index in [0.29, 0.717) is 6.42 Å². The van der Waals surface area contributed by atoms with Crippen LogP contribution >= 0.6 is 0 Å². The number of fused-ring (bicyclic) bond motifs is 4. The monoisotopic (exact) mass is 376 g/mol. The van der Waals surface area contributed by atoms with Crippen LogP contribution in [0.25, 0.3) is 0 Å². The summed E-state index contributed by atoms with van der Waals surface area (Å²) in [4.78, 5) is 11.9. The van der Waals surface area contributed by atoms with Gasteiger partial charge >= 0.3 is 5.97 Å². The molecule has 3 aliphatic rings. The zero-order chi connectivity index (χ0) is 19.8. The van der Waals surface area contributed by atoms with Gasteiger partial charge in [-0.1, -0.05) is 34.1 Å². The fraction of sp³-hybridized carbons (Fsp3) is 0.773. The van der Waals surface area contributed by atoms with Crippen molar-refractivity contribution in [2.75, 3.05) is 0 Å². The lowest BCUT2D eigenvalue weighted by Crippen LogP contribution is -2.76. The Hall–Kier alpha value is -1.33. The lowest BCUT2D eigenvalue weighted by atomic mass is 9.40. The standard InChI is InChI=1S/C22H32O5/c1-12-14-7-10-26-16(14)11-15-17(12)18(27-13(2)23)19(24)22(25)20(3,4)8-6-9-21(15,22)5/h7,10,12,15,17-19,24-25H,6,8-9,11H2,1-5H3. The highest BCUT2D eigenvalue weighted by atomic mass is 16.6. The largest absolute Gasteiger partial charge is 0.469 e. The molecule has 27 heavy (non-hydrogen) atoms. The molecule has 150 valence electrons. The van der Waals surface area contributed by atoms with E-state index in [0.717, 1.165) is 30.6 Å². The van der Waals surface area contributed by atoms with Crippen molar-refractivity contribution in [3.8, 4) is 0 Å². The van der Waals surface area contributed by atoms with Crippen LogP contribution in [0, 0.1) is 22.7 Å². The van der Waals surface area contributed by atoms with Gasteiger partial charge in [-0.05, 0) is 41.7 Å². The molecule has 2 N–H and O–H groups in total. The molecule has 1 heterocycles. The summed E-state index contributed by atoms with van der Waals surface area (Å²) in [5.41, 5.74) is -1.16. The highest BCUT2D eigenvalue weighted by Crippen LogP contribution is 2.67. The van der Waals surface area contributed by atoms with E-state index in [-0.39, 0.29) is 17.8 Å². The van der Waals surface area contributed by atoms with Crippen molar-refractivity contribution in [3.63, 3.8) is 0 Å². The molecule has 0 spiro atoms. The Kier molecular flexibility index (Phi) is 4.11. The van der Waals surface area contributed by atoms with Crippen LogP contribution < -0.4 is 0 Å². The summed E-state index contributed by atoms with van der Waals surface area (Å²) in [5.74, 6) is 0.664. The lowest BCUT2D eigenvalue weighted by Gasteiger charge is -2.68. The van der Waals surface area contributed by atoms with E-state index in [1.54, 1.807) is 6.26 Å². The molecule has 0 amide bonds. The number of carbonyl (C=O) groups is 1. The predicted octanol–water partition coefficient (Wildman–Crippen LogP) is 3.43. The van der Waals surface area contributed by atoms with E-state index in [2.05, 4.69) is 13.8 Å². The molecule has 5 nitrogen and oxygen atoms in total. The molecule has 0 bridgehead atoms. The third-order valence-electron chi connectivity index (χ3n) is 8.36. The second-order valence-electron chi connectivity index (χ2n) is 9.92. The van der Waals surface area contributed by atoms with Crippen molar-refractivity contribution in [2.45, 2.75) is 84.0 Å². The molecule has 1 aromatic rings. The molecule has 7 atom stereocenters. The normalized spacial score (nSPS) is 45.4. The number of rotatable bonds is 1. The number of ether oxygens (including phenoxy) is 1. The van der Waals surface area contributed by atoms with Crippen molar-refractivity contribution in [1.82, 2.24) is 0 Å². The van der Waals surface area contributed by atoms with Crippen molar-refractivity contribution in [1.29, 1.82) is 0 Å². The number of hydrogen-bond donors (Lipinski definition) is 2. The van der Waals surface area contributed by atoms with Crippen LogP contribution in [0.4, 0.5) is 0 Å². The quantitative estimate of drug-likeness (QED) is 0.734. The van der Waals surface area contributed by atoms with Gasteiger partial charge in [0, 0.05) is 24.7 Å². The molecule has 0 saturated heterocycles. The van der Waals surface area contributed by atoms with Crippen molar-refractivity contribution < 1.29 is 24.2 Å². The Balaban J connectivity index is 1.91. The summed E-state index contributed by atoms with van der Waals surface area (Å²) in [7, 11) is 0. The number of aliphatic hydroxyl groups is 2. The van der Waals surface area contributed by atoms with Crippen LogP contribution in [0.5, 0.6) is 0 Å². The molecular weight excluding hydrogens is 344 g/mol. The van der Waals surface area contributed by atoms with Gasteiger partial charge in [0.15, 0.2) is 0 Å². The maximum Gasteiger partial charge on any atom is 0.303 e. The molecule has 3 aliphatic carbocycles. The summed E-state index contributed by atoms with van der Waals surface area (Å²) < 4.78 is 11.5. The average Bonchev–Trinajstić information content (AvgIpc) is 3.04. The Morgan fingerprint density at radius 2 is 2.00 bits per heavy atom. The topological polar surface area (TPSA) is 79.9 Å². The van der Waals surface area contributed by atoms with E-state index in [1.807, 2.05) is 19.9 Å². The van der Waals surface area contributed by atoms with Crippen LogP contribution in [0.1, 0.15) is 71.1 Å². The minimum absolute atomic E-state index is 0.0480. The average molecular weight is 376 g/mol. The van der Waals surface area contributed by atoms with Gasteiger partial charge in [-0.25, -0.2) is 0 Å². The smallest absolute Gasteiger partial charge is 0.303 e. The molecule has 7 unspecified atom stereocenters. The summed E-state index contributed by atoms with van der Waals surface area (Å²) in [6.07, 6.45) is 3.29. The van der Waals surface area contributed by atoms with Crippen molar-refractivity contribution >= 4 is 5.97 Å². The summed E-state index contributed by atoms with van der Waals surface area (Å²) in [6.45, 7) is 9.69. The summed E-state index contributed by atoms with van der Waals surface area (Å²) in [5, 5.41) is 23.6. The van der Waals surface area contributed by atoms with Crippen LogP contribution in [0.2, 0.25) is 0 Å². The maximum absolute atomic E-state index is 12.1. The van der Waals surface area contributed by atoms with Crippen molar-refractivity contribution in [3.05, 3.63) is 23.7 Å². The first-order chi connectivity index (χ1) is 12.5. The number of esters is 1. The fourth-order valence-electron chi connectivity index (χ4n) is 7.02. The minimum atomic E-state index is -1.33. The third kappa shape index (κ3) is 2.27. The van der Waals surface area contributed by atoms with E-state index in [9.17, 15) is 15.0 Å². The van der Waals surface area contributed by atoms with Gasteiger partial charge < -0.3 is 19.4 Å². The van der Waals surface area contributed by atoms with E-state index >= 15 is 0 Å². The van der Waals surface area contributed by atoms with E-state index in [4.69, 9.17) is 9.15 Å². The predicted molar refractivity (Wildman–Crippen MR) is 100 cm³/mol. The third-order valence-corrected chi connectivity index (χ3v) is 8.36. The van der Waals surface area contributed by atoms with Gasteiger partial charge in [-0.3, -0.25) is 4.79 Å². The van der Waals surface area contributed by atoms with E-state index in [1.165, 1.54) is 6.92 Å². The van der Waals surface area contributed by atoms with Crippen LogP contribution in [-0.4, -0.2) is 34.0 Å². The Morgan fingerprint density at radius 3 is 2.67 bits per heavy atom. The molecule has 4 rings (SSSR count). The summed E-state index contributed by atoms with van der Waals surface area (Å²) in [6, 6.07) is 1.99. The molecule has 0 aromatic carbocycles. The Morgan fingerprint density at radius 1 is 1.30 bits per heavy atom. The van der Waals surface area contributed by atoms with Gasteiger partial charge in [0.05, 0.1) is 6.26 Å². The van der Waals surface area contributed by atoms with Gasteiger partial charge in [0.1, 0.15) is 23.6 Å². The van der Waals surface area contributed by atoms with Crippen LogP contribution in [0.3, 0.4) is 0 Å². The molecule has 2 fully saturated rings. The SMILES string of the molecule is CC(=O)OC1C2C(C)c3ccoc3CC2C2(C)CCCC(C)(C)C2(O)C1O. The molecule has 0 aliphatic heterocycles. The molecular formula is C22H32O5. The Labute approximate surface area is 161 Å². The summed E-state index contributed by atoms with van der Waals surface area (Å²) >= 11 is 0. The fourth-order valence-corrected chi connectivity index (χ4v) is 7.02. The van der Waals surface area contributed by atoms with Crippen molar-refractivity contribution in [2.24, 2.45) is 22.7 Å². The van der Waals surface area contributed by atoms with Gasteiger partial charge in [0.25, 0.3) is 0 Å². The van der Waals surface area contributed by atoms with Gasteiger partial charge in [0.2, 0.25) is 0 Å². The first-order valence-corrected chi connectivity index (χ1v) is 10.2. The number of aliphatic hydroxyl groups excluding tert-OH is 1. The zero-order valence-corrected chi connectivity index (χ0v) is 17.0. The van der Waals surface area contributed by atoms with Crippen LogP contribution in [0.15, 0.2) is 16.7 Å².